The molecule has 0 saturated heterocycles. The lowest BCUT2D eigenvalue weighted by molar-refractivity contribution is -0.120. The van der Waals surface area contributed by atoms with Gasteiger partial charge < -0.3 is 10.6 Å². The number of nitrogens with one attached hydrogen (secondary N) is 2. The van der Waals surface area contributed by atoms with E-state index in [1.807, 2.05) is 52.9 Å². The molecule has 0 radical (unpaired) electrons. The average molecular weight is 752 g/mol. The van der Waals surface area contributed by atoms with Crippen LogP contribution in [0.3, 0.4) is 0 Å². The molecule has 2 N–H and O–H groups in total. The number of pyridine rings is 2. The molecular weight excluding hydrogens is 696 g/mol. The van der Waals surface area contributed by atoms with Crippen molar-refractivity contribution in [2.45, 2.75) is 111 Å². The molecule has 282 valence electrons. The van der Waals surface area contributed by atoms with E-state index in [1.165, 1.54) is 16.8 Å². The summed E-state index contributed by atoms with van der Waals surface area (Å²) in [5.74, 6) is 0.619. The standard InChI is InChI=1S/C16H22ClF3N4.C11H15Cl.C10H12N2O.C2H6/c1-10(2)12(4)22-9-11(3)24(23-13(5)16(18,19)20)15-14(17)7-6-8-21-15;1-3-10-7-5-4-6-8-11(10)9(2)12;1-8(13)12-10(4-5-10)9-3-2-6-11-7-9;1-2/h6-8,11-12,22H,1,9H2,2-5H3;4-9,11H,3H2,1-2H3;2-3,6-7H,4-5H2,1H3,(H,12,13);1-2H3/b23-13+;;;. The highest BCUT2D eigenvalue weighted by Gasteiger charge is 2.45. The third-order valence-electron chi connectivity index (χ3n) is 8.06. The van der Waals surface area contributed by atoms with Crippen molar-refractivity contribution < 1.29 is 18.0 Å². The Labute approximate surface area is 313 Å². The molecule has 12 heteroatoms. The number of anilines is 1. The highest BCUT2D eigenvalue weighted by Crippen LogP contribution is 2.45. The zero-order valence-corrected chi connectivity index (χ0v) is 32.9. The average Bonchev–Trinajstić information content (AvgIpc) is 3.91. The number of allylic oxidation sites excluding steroid dienone is 6. The third kappa shape index (κ3) is 15.8. The van der Waals surface area contributed by atoms with Gasteiger partial charge in [-0.1, -0.05) is 86.5 Å². The normalized spacial score (nSPS) is 17.6. The van der Waals surface area contributed by atoms with Crippen LogP contribution in [0.5, 0.6) is 0 Å². The fourth-order valence-corrected chi connectivity index (χ4v) is 5.24. The van der Waals surface area contributed by atoms with Gasteiger partial charge in [-0.25, -0.2) is 9.99 Å². The van der Waals surface area contributed by atoms with E-state index in [0.29, 0.717) is 12.5 Å². The van der Waals surface area contributed by atoms with E-state index in [9.17, 15) is 18.0 Å². The summed E-state index contributed by atoms with van der Waals surface area (Å²) in [4.78, 5) is 19.1. The van der Waals surface area contributed by atoms with Gasteiger partial charge in [0.15, 0.2) is 5.82 Å². The Hall–Kier alpha value is -3.47. The molecule has 1 saturated carbocycles. The van der Waals surface area contributed by atoms with Gasteiger partial charge in [0.25, 0.3) is 0 Å². The molecule has 0 spiro atoms. The number of aromatic nitrogens is 2. The van der Waals surface area contributed by atoms with E-state index < -0.39 is 17.9 Å². The first kappa shape index (κ1) is 45.6. The molecule has 1 amide bonds. The van der Waals surface area contributed by atoms with Crippen molar-refractivity contribution in [3.63, 3.8) is 0 Å². The Bertz CT molecular complexity index is 1490. The van der Waals surface area contributed by atoms with Crippen molar-refractivity contribution in [3.05, 3.63) is 102 Å². The zero-order valence-electron chi connectivity index (χ0n) is 31.4. The highest BCUT2D eigenvalue weighted by atomic mass is 35.5. The SMILES string of the molecule is C=C(C)C(C)NCC(C)N(/N=C(\C)C(F)(F)F)c1ncccc1Cl.CC.CC(=O)NC1(c2cccnc2)CC1.CCC1=CC=CC=CC1C(C)Cl. The van der Waals surface area contributed by atoms with Crippen LogP contribution in [0.4, 0.5) is 19.0 Å². The van der Waals surface area contributed by atoms with Gasteiger partial charge in [0.05, 0.1) is 16.6 Å². The van der Waals surface area contributed by atoms with Crippen molar-refractivity contribution in [1.29, 1.82) is 0 Å². The molecule has 2 aliphatic carbocycles. The number of carbonyl (C=O) groups excluding carboxylic acids is 1. The Kier molecular flexibility index (Phi) is 20.1. The zero-order chi connectivity index (χ0) is 38.8. The molecule has 51 heavy (non-hydrogen) atoms. The van der Waals surface area contributed by atoms with E-state index in [1.54, 1.807) is 32.2 Å². The maximum absolute atomic E-state index is 12.9. The minimum absolute atomic E-state index is 0.0289. The lowest BCUT2D eigenvalue weighted by atomic mass is 9.94. The molecule has 0 aliphatic heterocycles. The number of alkyl halides is 4. The summed E-state index contributed by atoms with van der Waals surface area (Å²) in [6.45, 7) is 20.5. The summed E-state index contributed by atoms with van der Waals surface area (Å²) in [7, 11) is 0. The molecule has 7 nitrogen and oxygen atoms in total. The molecule has 4 rings (SSSR count). The van der Waals surface area contributed by atoms with Gasteiger partial charge in [0.2, 0.25) is 5.91 Å². The van der Waals surface area contributed by atoms with Gasteiger partial charge in [-0.05, 0) is 77.6 Å². The summed E-state index contributed by atoms with van der Waals surface area (Å²) in [6, 6.07) is 6.70. The predicted molar refractivity (Wildman–Crippen MR) is 208 cm³/mol. The van der Waals surface area contributed by atoms with Gasteiger partial charge in [-0.15, -0.1) is 11.6 Å². The smallest absolute Gasteiger partial charge is 0.347 e. The van der Waals surface area contributed by atoms with Crippen LogP contribution in [0.25, 0.3) is 0 Å². The van der Waals surface area contributed by atoms with Crippen LogP contribution in [0.2, 0.25) is 5.02 Å². The number of rotatable bonds is 11. The first-order valence-electron chi connectivity index (χ1n) is 17.3. The number of hydrogen-bond donors (Lipinski definition) is 2. The van der Waals surface area contributed by atoms with Crippen LogP contribution in [0, 0.1) is 5.92 Å². The lowest BCUT2D eigenvalue weighted by Crippen LogP contribution is -2.42. The fraction of sp³-hybridized carbons (Fsp3) is 0.487. The molecule has 0 aromatic carbocycles. The summed E-state index contributed by atoms with van der Waals surface area (Å²) in [5.41, 5.74) is 2.40. The Morgan fingerprint density at radius 2 is 1.75 bits per heavy atom. The largest absolute Gasteiger partial charge is 0.430 e. The number of carbonyl (C=O) groups is 1. The molecule has 2 heterocycles. The first-order chi connectivity index (χ1) is 24.0. The summed E-state index contributed by atoms with van der Waals surface area (Å²) < 4.78 is 38.6. The van der Waals surface area contributed by atoms with E-state index in [2.05, 4.69) is 69.6 Å². The third-order valence-corrected chi connectivity index (χ3v) is 8.63. The number of nitrogens with zero attached hydrogens (tertiary/aromatic N) is 4. The second-order valence-corrected chi connectivity index (χ2v) is 13.3. The minimum Gasteiger partial charge on any atom is -0.347 e. The second kappa shape index (κ2) is 22.5. The Morgan fingerprint density at radius 1 is 1.10 bits per heavy atom. The van der Waals surface area contributed by atoms with Crippen LogP contribution < -0.4 is 15.6 Å². The minimum atomic E-state index is -4.52. The van der Waals surface area contributed by atoms with Crippen molar-refractivity contribution in [2.24, 2.45) is 11.0 Å². The van der Waals surface area contributed by atoms with Gasteiger partial charge >= 0.3 is 6.18 Å². The summed E-state index contributed by atoms with van der Waals surface area (Å²) in [6.07, 6.45) is 14.2. The number of hydrazone groups is 1. The van der Waals surface area contributed by atoms with Crippen LogP contribution in [-0.2, 0) is 10.3 Å². The van der Waals surface area contributed by atoms with Crippen LogP contribution in [0.1, 0.15) is 87.1 Å². The van der Waals surface area contributed by atoms with Crippen LogP contribution >= 0.6 is 23.2 Å². The number of halogens is 5. The van der Waals surface area contributed by atoms with Gasteiger partial charge in [-0.3, -0.25) is 9.78 Å². The van der Waals surface area contributed by atoms with Crippen molar-refractivity contribution in [1.82, 2.24) is 20.6 Å². The molecule has 1 fully saturated rings. The van der Waals surface area contributed by atoms with Gasteiger partial charge in [-0.2, -0.15) is 18.3 Å². The molecule has 2 aliphatic rings. The number of hydrogen-bond acceptors (Lipinski definition) is 6. The molecule has 2 aromatic heterocycles. The Balaban J connectivity index is 0.000000404. The molecule has 4 atom stereocenters. The highest BCUT2D eigenvalue weighted by molar-refractivity contribution is 6.32. The van der Waals surface area contributed by atoms with Crippen molar-refractivity contribution in [2.75, 3.05) is 11.6 Å². The van der Waals surface area contributed by atoms with Gasteiger partial charge in [0, 0.05) is 49.4 Å². The molecular formula is C39H55Cl2F3N6O. The number of amides is 1. The topological polar surface area (TPSA) is 82.5 Å². The summed E-state index contributed by atoms with van der Waals surface area (Å²) in [5, 5.41) is 11.5. The Morgan fingerprint density at radius 3 is 2.24 bits per heavy atom. The monoisotopic (exact) mass is 750 g/mol. The van der Waals surface area contributed by atoms with Crippen LogP contribution in [-0.4, -0.2) is 51.8 Å². The maximum atomic E-state index is 12.9. The molecule has 4 unspecified atom stereocenters. The quantitative estimate of drug-likeness (QED) is 0.103. The fourth-order valence-electron chi connectivity index (χ4n) is 4.78. The van der Waals surface area contributed by atoms with Crippen molar-refractivity contribution in [3.8, 4) is 0 Å². The summed E-state index contributed by atoms with van der Waals surface area (Å²) >= 11 is 12.2. The van der Waals surface area contributed by atoms with E-state index in [4.69, 9.17) is 23.2 Å². The predicted octanol–water partition coefficient (Wildman–Crippen LogP) is 10.3. The molecule has 2 aromatic rings. The first-order valence-corrected chi connectivity index (χ1v) is 18.1. The maximum Gasteiger partial charge on any atom is 0.430 e. The van der Waals surface area contributed by atoms with Gasteiger partial charge in [0.1, 0.15) is 5.71 Å². The van der Waals surface area contributed by atoms with Crippen LogP contribution in [0.15, 0.2) is 96.1 Å². The lowest BCUT2D eigenvalue weighted by Gasteiger charge is -2.28. The van der Waals surface area contributed by atoms with E-state index in [-0.39, 0.29) is 33.7 Å². The van der Waals surface area contributed by atoms with Crippen molar-refractivity contribution >= 4 is 40.6 Å². The molecule has 0 bridgehead atoms. The second-order valence-electron chi connectivity index (χ2n) is 12.2. The van der Waals surface area contributed by atoms with E-state index >= 15 is 0 Å². The van der Waals surface area contributed by atoms with E-state index in [0.717, 1.165) is 37.3 Å².